The Balaban J connectivity index is 3.17. The summed E-state index contributed by atoms with van der Waals surface area (Å²) in [5, 5.41) is 8.46. The molecule has 6 heteroatoms. The smallest absolute Gasteiger partial charge is 0.416 e. The molecule has 0 saturated carbocycles. The molecule has 0 atom stereocenters. The number of carbonyl (C=O) groups excluding carboxylic acids is 1. The second-order valence-electron chi connectivity index (χ2n) is 3.79. The molecule has 0 aromatic heterocycles. The Labute approximate surface area is 108 Å². The van der Waals surface area contributed by atoms with Gasteiger partial charge in [0.1, 0.15) is 0 Å². The zero-order valence-electron chi connectivity index (χ0n) is 10.3. The monoisotopic (exact) mass is 271 g/mol. The predicted molar refractivity (Wildman–Crippen MR) is 61.3 cm³/mol. The Kier molecular flexibility index (Phi) is 4.93. The molecule has 0 amide bonds. The molecule has 0 bridgehead atoms. The molecule has 0 aliphatic carbocycles. The Hall–Kier alpha value is -2.03. The summed E-state index contributed by atoms with van der Waals surface area (Å²) < 4.78 is 42.8. The number of nitriles is 1. The van der Waals surface area contributed by atoms with E-state index in [0.717, 1.165) is 12.1 Å². The van der Waals surface area contributed by atoms with Crippen LogP contribution in [0.15, 0.2) is 18.2 Å². The maximum absolute atomic E-state index is 12.7. The molecule has 0 saturated heterocycles. The lowest BCUT2D eigenvalue weighted by atomic mass is 10.0. The van der Waals surface area contributed by atoms with Gasteiger partial charge in [0.2, 0.25) is 0 Å². The van der Waals surface area contributed by atoms with Crippen LogP contribution in [0.25, 0.3) is 0 Å². The molecule has 0 spiro atoms. The minimum atomic E-state index is -4.54. The van der Waals surface area contributed by atoms with Crippen LogP contribution in [-0.2, 0) is 17.3 Å². The molecule has 1 aromatic rings. The second kappa shape index (κ2) is 6.23. The van der Waals surface area contributed by atoms with Gasteiger partial charge < -0.3 is 4.74 Å². The van der Waals surface area contributed by atoms with Crippen molar-refractivity contribution in [1.29, 1.82) is 5.26 Å². The van der Waals surface area contributed by atoms with Crippen LogP contribution in [0.5, 0.6) is 0 Å². The first kappa shape index (κ1) is 15.0. The maximum atomic E-state index is 12.7. The van der Waals surface area contributed by atoms with Gasteiger partial charge in [0.05, 0.1) is 23.8 Å². The van der Waals surface area contributed by atoms with Crippen molar-refractivity contribution in [1.82, 2.24) is 0 Å². The number of carbonyl (C=O) groups is 1. The van der Waals surface area contributed by atoms with E-state index in [1.807, 2.05) is 6.07 Å². The lowest BCUT2D eigenvalue weighted by Gasteiger charge is -2.11. The molecular weight excluding hydrogens is 259 g/mol. The Morgan fingerprint density at radius 1 is 1.37 bits per heavy atom. The lowest BCUT2D eigenvalue weighted by Crippen LogP contribution is -2.11. The Bertz CT molecular complexity index is 504. The van der Waals surface area contributed by atoms with Crippen molar-refractivity contribution in [3.05, 3.63) is 34.9 Å². The molecule has 0 aliphatic rings. The van der Waals surface area contributed by atoms with Crippen molar-refractivity contribution >= 4 is 5.97 Å². The summed E-state index contributed by atoms with van der Waals surface area (Å²) in [5.41, 5.74) is -0.768. The predicted octanol–water partition coefficient (Wildman–Crippen LogP) is 3.34. The number of esters is 1. The fourth-order valence-electron chi connectivity index (χ4n) is 1.53. The van der Waals surface area contributed by atoms with Gasteiger partial charge in [-0.2, -0.15) is 18.4 Å². The van der Waals surface area contributed by atoms with Gasteiger partial charge in [-0.05, 0) is 37.1 Å². The van der Waals surface area contributed by atoms with Crippen LogP contribution >= 0.6 is 0 Å². The van der Waals surface area contributed by atoms with E-state index < -0.39 is 17.7 Å². The summed E-state index contributed by atoms with van der Waals surface area (Å²) in [4.78, 5) is 11.5. The maximum Gasteiger partial charge on any atom is 0.416 e. The molecule has 102 valence electrons. The first-order chi connectivity index (χ1) is 8.88. The molecule has 1 rings (SSSR count). The van der Waals surface area contributed by atoms with Crippen LogP contribution in [0.3, 0.4) is 0 Å². The van der Waals surface area contributed by atoms with Crippen molar-refractivity contribution in [2.45, 2.75) is 25.9 Å². The van der Waals surface area contributed by atoms with Gasteiger partial charge in [0, 0.05) is 6.42 Å². The van der Waals surface area contributed by atoms with Gasteiger partial charge >= 0.3 is 12.1 Å². The number of ether oxygens (including phenoxy) is 1. The number of hydrogen-bond donors (Lipinski definition) is 0. The lowest BCUT2D eigenvalue weighted by molar-refractivity contribution is -0.137. The SMILES string of the molecule is CCOC(=O)c1cc(CCC#N)cc(C(F)(F)F)c1. The van der Waals surface area contributed by atoms with Crippen molar-refractivity contribution in [3.63, 3.8) is 0 Å². The molecule has 3 nitrogen and oxygen atoms in total. The molecule has 0 heterocycles. The molecule has 19 heavy (non-hydrogen) atoms. The molecule has 0 aliphatic heterocycles. The number of benzene rings is 1. The molecule has 0 unspecified atom stereocenters. The van der Waals surface area contributed by atoms with E-state index >= 15 is 0 Å². The van der Waals surface area contributed by atoms with Gasteiger partial charge in [0.25, 0.3) is 0 Å². The van der Waals surface area contributed by atoms with Crippen LogP contribution in [0.4, 0.5) is 13.2 Å². The third-order valence-electron chi connectivity index (χ3n) is 2.36. The quantitative estimate of drug-likeness (QED) is 0.789. The van der Waals surface area contributed by atoms with Crippen molar-refractivity contribution in [3.8, 4) is 6.07 Å². The van der Waals surface area contributed by atoms with Crippen LogP contribution in [-0.4, -0.2) is 12.6 Å². The van der Waals surface area contributed by atoms with Gasteiger partial charge in [-0.25, -0.2) is 4.79 Å². The normalized spacial score (nSPS) is 10.9. The number of nitrogens with zero attached hydrogens (tertiary/aromatic N) is 1. The highest BCUT2D eigenvalue weighted by atomic mass is 19.4. The van der Waals surface area contributed by atoms with Crippen molar-refractivity contribution in [2.75, 3.05) is 6.61 Å². The summed E-state index contributed by atoms with van der Waals surface area (Å²) >= 11 is 0. The fraction of sp³-hybridized carbons (Fsp3) is 0.385. The summed E-state index contributed by atoms with van der Waals surface area (Å²) in [6.07, 6.45) is -4.29. The van der Waals surface area contributed by atoms with Crippen LogP contribution in [0.1, 0.15) is 34.8 Å². The first-order valence-corrected chi connectivity index (χ1v) is 5.63. The highest BCUT2D eigenvalue weighted by molar-refractivity contribution is 5.89. The van der Waals surface area contributed by atoms with Crippen LogP contribution in [0.2, 0.25) is 0 Å². The van der Waals surface area contributed by atoms with E-state index in [-0.39, 0.29) is 25.0 Å². The molecular formula is C13H12F3NO2. The van der Waals surface area contributed by atoms with E-state index in [1.54, 1.807) is 6.92 Å². The summed E-state index contributed by atoms with van der Waals surface area (Å²) in [6.45, 7) is 1.66. The second-order valence-corrected chi connectivity index (χ2v) is 3.79. The van der Waals surface area contributed by atoms with E-state index in [0.29, 0.717) is 5.56 Å². The van der Waals surface area contributed by atoms with Gasteiger partial charge in [-0.3, -0.25) is 0 Å². The first-order valence-electron chi connectivity index (χ1n) is 5.63. The number of aryl methyl sites for hydroxylation is 1. The van der Waals surface area contributed by atoms with E-state index in [4.69, 9.17) is 5.26 Å². The Morgan fingerprint density at radius 3 is 2.58 bits per heavy atom. The fourth-order valence-corrected chi connectivity index (χ4v) is 1.53. The standard InChI is InChI=1S/C13H12F3NO2/c1-2-19-12(18)10-6-9(4-3-5-17)7-11(8-10)13(14,15)16/h6-8H,2-4H2,1H3. The molecule has 1 aromatic carbocycles. The van der Waals surface area contributed by atoms with Gasteiger partial charge in [0.15, 0.2) is 0 Å². The summed E-state index contributed by atoms with van der Waals surface area (Å²) in [7, 11) is 0. The average molecular weight is 271 g/mol. The van der Waals surface area contributed by atoms with Gasteiger partial charge in [-0.1, -0.05) is 0 Å². The zero-order valence-corrected chi connectivity index (χ0v) is 10.3. The third kappa shape index (κ3) is 4.28. The van der Waals surface area contributed by atoms with Crippen LogP contribution < -0.4 is 0 Å². The summed E-state index contributed by atoms with van der Waals surface area (Å²) in [6, 6.07) is 4.88. The minimum absolute atomic E-state index is 0.0859. The van der Waals surface area contributed by atoms with Gasteiger partial charge in [-0.15, -0.1) is 0 Å². The van der Waals surface area contributed by atoms with E-state index in [2.05, 4.69) is 4.74 Å². The van der Waals surface area contributed by atoms with Crippen LogP contribution in [0, 0.1) is 11.3 Å². The number of hydrogen-bond acceptors (Lipinski definition) is 3. The molecule has 0 fully saturated rings. The largest absolute Gasteiger partial charge is 0.462 e. The topological polar surface area (TPSA) is 50.1 Å². The number of halogens is 3. The number of alkyl halides is 3. The molecule has 0 radical (unpaired) electrons. The zero-order chi connectivity index (χ0) is 14.5. The molecule has 0 N–H and O–H groups in total. The summed E-state index contributed by atoms with van der Waals surface area (Å²) in [5.74, 6) is -0.799. The third-order valence-corrected chi connectivity index (χ3v) is 2.36. The van der Waals surface area contributed by atoms with Crippen molar-refractivity contribution < 1.29 is 22.7 Å². The van der Waals surface area contributed by atoms with E-state index in [9.17, 15) is 18.0 Å². The highest BCUT2D eigenvalue weighted by Crippen LogP contribution is 2.31. The number of rotatable bonds is 4. The average Bonchev–Trinajstić information content (AvgIpc) is 2.35. The highest BCUT2D eigenvalue weighted by Gasteiger charge is 2.31. The Morgan fingerprint density at radius 2 is 2.05 bits per heavy atom. The van der Waals surface area contributed by atoms with E-state index in [1.165, 1.54) is 6.07 Å². The van der Waals surface area contributed by atoms with Crippen molar-refractivity contribution in [2.24, 2.45) is 0 Å². The minimum Gasteiger partial charge on any atom is -0.462 e.